The number of amides is 1. The zero-order valence-corrected chi connectivity index (χ0v) is 15.6. The van der Waals surface area contributed by atoms with Gasteiger partial charge in [-0.15, -0.1) is 0 Å². The second kappa shape index (κ2) is 7.54. The number of benzene rings is 2. The summed E-state index contributed by atoms with van der Waals surface area (Å²) >= 11 is 0. The highest BCUT2D eigenvalue weighted by Gasteiger charge is 2.38. The van der Waals surface area contributed by atoms with Crippen LogP contribution in [-0.2, 0) is 10.2 Å². The van der Waals surface area contributed by atoms with Gasteiger partial charge in [0.15, 0.2) is 0 Å². The third-order valence-electron chi connectivity index (χ3n) is 6.04. The van der Waals surface area contributed by atoms with E-state index in [-0.39, 0.29) is 11.3 Å². The molecule has 4 nitrogen and oxygen atoms in total. The zero-order valence-electron chi connectivity index (χ0n) is 15.6. The van der Waals surface area contributed by atoms with Crippen LogP contribution in [0.3, 0.4) is 0 Å². The molecule has 27 heavy (non-hydrogen) atoms. The third-order valence-corrected chi connectivity index (χ3v) is 6.04. The van der Waals surface area contributed by atoms with Gasteiger partial charge in [-0.25, -0.2) is 0 Å². The van der Waals surface area contributed by atoms with Crippen LogP contribution in [0.2, 0.25) is 0 Å². The first kappa shape index (κ1) is 17.8. The molecule has 2 fully saturated rings. The van der Waals surface area contributed by atoms with Crippen LogP contribution < -0.4 is 4.90 Å². The van der Waals surface area contributed by atoms with Gasteiger partial charge < -0.3 is 9.80 Å². The molecule has 2 aliphatic rings. The molecule has 0 saturated carbocycles. The van der Waals surface area contributed by atoms with E-state index in [1.807, 2.05) is 53.4 Å². The summed E-state index contributed by atoms with van der Waals surface area (Å²) in [5, 5.41) is 9.84. The SMILES string of the molecule is N#CC1(c2ccccc2)CCN(C[C@@H]2CC(=O)N(c3ccccc3)C2)CC1. The molecule has 0 N–H and O–H groups in total. The lowest BCUT2D eigenvalue weighted by molar-refractivity contribution is -0.117. The smallest absolute Gasteiger partial charge is 0.227 e. The number of nitriles is 1. The average Bonchev–Trinajstić information content (AvgIpc) is 3.10. The lowest BCUT2D eigenvalue weighted by atomic mass is 9.74. The molecule has 2 saturated heterocycles. The van der Waals surface area contributed by atoms with Crippen molar-refractivity contribution in [3.8, 4) is 6.07 Å². The molecule has 2 aliphatic heterocycles. The van der Waals surface area contributed by atoms with E-state index < -0.39 is 0 Å². The van der Waals surface area contributed by atoms with Gasteiger partial charge in [0, 0.05) is 25.2 Å². The molecule has 1 atom stereocenters. The number of rotatable bonds is 4. The Labute approximate surface area is 161 Å². The Kier molecular flexibility index (Phi) is 4.96. The number of likely N-dealkylation sites (tertiary alicyclic amines) is 1. The minimum atomic E-state index is -0.362. The maximum atomic E-state index is 12.4. The van der Waals surface area contributed by atoms with E-state index in [0.717, 1.165) is 50.3 Å². The fourth-order valence-electron chi connectivity index (χ4n) is 4.47. The van der Waals surface area contributed by atoms with Crippen molar-refractivity contribution in [1.82, 2.24) is 4.90 Å². The highest BCUT2D eigenvalue weighted by molar-refractivity contribution is 5.95. The highest BCUT2D eigenvalue weighted by atomic mass is 16.2. The van der Waals surface area contributed by atoms with Gasteiger partial charge in [0.1, 0.15) is 0 Å². The number of anilines is 1. The summed E-state index contributed by atoms with van der Waals surface area (Å²) in [6.45, 7) is 3.56. The molecule has 2 aromatic rings. The van der Waals surface area contributed by atoms with E-state index >= 15 is 0 Å². The number of carbonyl (C=O) groups excluding carboxylic acids is 1. The summed E-state index contributed by atoms with van der Waals surface area (Å²) in [6.07, 6.45) is 2.33. The molecular formula is C23H25N3O. The van der Waals surface area contributed by atoms with Crippen molar-refractivity contribution in [3.05, 3.63) is 66.2 Å². The van der Waals surface area contributed by atoms with Gasteiger partial charge in [0.25, 0.3) is 0 Å². The number of para-hydroxylation sites is 1. The molecular weight excluding hydrogens is 334 g/mol. The first-order valence-corrected chi connectivity index (χ1v) is 9.75. The molecule has 0 bridgehead atoms. The number of hydrogen-bond acceptors (Lipinski definition) is 3. The quantitative estimate of drug-likeness (QED) is 0.838. The van der Waals surface area contributed by atoms with Gasteiger partial charge in [-0.1, -0.05) is 48.5 Å². The van der Waals surface area contributed by atoms with Crippen molar-refractivity contribution < 1.29 is 4.79 Å². The van der Waals surface area contributed by atoms with Gasteiger partial charge in [0.2, 0.25) is 5.91 Å². The lowest BCUT2D eigenvalue weighted by Gasteiger charge is -2.38. The van der Waals surface area contributed by atoms with Crippen LogP contribution in [0.4, 0.5) is 5.69 Å². The minimum Gasteiger partial charge on any atom is -0.312 e. The van der Waals surface area contributed by atoms with E-state index in [1.54, 1.807) is 0 Å². The summed E-state index contributed by atoms with van der Waals surface area (Å²) in [7, 11) is 0. The van der Waals surface area contributed by atoms with Crippen molar-refractivity contribution in [2.45, 2.75) is 24.7 Å². The fraction of sp³-hybridized carbons (Fsp3) is 0.391. The van der Waals surface area contributed by atoms with Crippen LogP contribution in [-0.4, -0.2) is 37.0 Å². The summed E-state index contributed by atoms with van der Waals surface area (Å²) in [5.41, 5.74) is 1.77. The number of hydrogen-bond donors (Lipinski definition) is 0. The van der Waals surface area contributed by atoms with Crippen LogP contribution in [0.15, 0.2) is 60.7 Å². The van der Waals surface area contributed by atoms with Crippen LogP contribution in [0.5, 0.6) is 0 Å². The molecule has 0 radical (unpaired) electrons. The van der Waals surface area contributed by atoms with Crippen molar-refractivity contribution in [3.63, 3.8) is 0 Å². The predicted octanol–water partition coefficient (Wildman–Crippen LogP) is 3.60. The third kappa shape index (κ3) is 3.61. The van der Waals surface area contributed by atoms with Gasteiger partial charge in [-0.05, 0) is 49.5 Å². The summed E-state index contributed by atoms with van der Waals surface area (Å²) in [5.74, 6) is 0.586. The topological polar surface area (TPSA) is 47.3 Å². The molecule has 4 rings (SSSR count). The molecule has 0 aliphatic carbocycles. The van der Waals surface area contributed by atoms with E-state index in [9.17, 15) is 10.1 Å². The summed E-state index contributed by atoms with van der Waals surface area (Å²) in [4.78, 5) is 16.8. The molecule has 2 aromatic carbocycles. The predicted molar refractivity (Wildman–Crippen MR) is 106 cm³/mol. The van der Waals surface area contributed by atoms with Crippen molar-refractivity contribution in [1.29, 1.82) is 5.26 Å². The molecule has 1 amide bonds. The minimum absolute atomic E-state index is 0.221. The van der Waals surface area contributed by atoms with Gasteiger partial charge >= 0.3 is 0 Å². The Morgan fingerprint density at radius 3 is 2.26 bits per heavy atom. The largest absolute Gasteiger partial charge is 0.312 e. The average molecular weight is 359 g/mol. The van der Waals surface area contributed by atoms with E-state index in [0.29, 0.717) is 12.3 Å². The van der Waals surface area contributed by atoms with E-state index in [1.165, 1.54) is 0 Å². The second-order valence-corrected chi connectivity index (χ2v) is 7.77. The maximum Gasteiger partial charge on any atom is 0.227 e. The summed E-state index contributed by atoms with van der Waals surface area (Å²) < 4.78 is 0. The summed E-state index contributed by atoms with van der Waals surface area (Å²) in [6, 6.07) is 22.7. The van der Waals surface area contributed by atoms with Crippen LogP contribution in [0.1, 0.15) is 24.8 Å². The molecule has 0 unspecified atom stereocenters. The normalized spacial score (nSPS) is 22.6. The Bertz CT molecular complexity index is 820. The molecule has 2 heterocycles. The van der Waals surface area contributed by atoms with Crippen LogP contribution >= 0.6 is 0 Å². The first-order valence-electron chi connectivity index (χ1n) is 9.75. The fourth-order valence-corrected chi connectivity index (χ4v) is 4.47. The maximum absolute atomic E-state index is 12.4. The van der Waals surface area contributed by atoms with E-state index in [4.69, 9.17) is 0 Å². The lowest BCUT2D eigenvalue weighted by Crippen LogP contribution is -2.44. The van der Waals surface area contributed by atoms with Crippen molar-refractivity contribution in [2.24, 2.45) is 5.92 Å². The Hall–Kier alpha value is -2.64. The van der Waals surface area contributed by atoms with Crippen molar-refractivity contribution in [2.75, 3.05) is 31.1 Å². The molecule has 4 heteroatoms. The van der Waals surface area contributed by atoms with Crippen LogP contribution in [0, 0.1) is 17.2 Å². The molecule has 138 valence electrons. The van der Waals surface area contributed by atoms with Crippen molar-refractivity contribution >= 4 is 11.6 Å². The second-order valence-electron chi connectivity index (χ2n) is 7.77. The zero-order chi connectivity index (χ0) is 18.7. The molecule has 0 aromatic heterocycles. The highest BCUT2D eigenvalue weighted by Crippen LogP contribution is 2.35. The standard InChI is InChI=1S/C23H25N3O/c24-18-23(20-7-3-1-4-8-20)11-13-25(14-12-23)16-19-15-22(27)26(17-19)21-9-5-2-6-10-21/h1-10,19H,11-17H2/t19-/m0/s1. The van der Waals surface area contributed by atoms with Crippen LogP contribution in [0.25, 0.3) is 0 Å². The Balaban J connectivity index is 1.36. The number of carbonyl (C=O) groups is 1. The monoisotopic (exact) mass is 359 g/mol. The van der Waals surface area contributed by atoms with Gasteiger partial charge in [-0.2, -0.15) is 5.26 Å². The number of nitrogens with zero attached hydrogens (tertiary/aromatic N) is 3. The first-order chi connectivity index (χ1) is 13.2. The number of piperidine rings is 1. The molecule has 0 spiro atoms. The van der Waals surface area contributed by atoms with Gasteiger partial charge in [-0.3, -0.25) is 4.79 Å². The van der Waals surface area contributed by atoms with Gasteiger partial charge in [0.05, 0.1) is 11.5 Å². The Morgan fingerprint density at radius 1 is 1.00 bits per heavy atom. The van der Waals surface area contributed by atoms with E-state index in [2.05, 4.69) is 23.1 Å². The Morgan fingerprint density at radius 2 is 1.63 bits per heavy atom.